The molecule has 4 heteroatoms. The number of allylic oxidation sites excluding steroid dienone is 1. The molecule has 1 atom stereocenters. The summed E-state index contributed by atoms with van der Waals surface area (Å²) < 4.78 is 4.99. The number of carbonyl (C=O) groups excluding carboxylic acids is 1. The summed E-state index contributed by atoms with van der Waals surface area (Å²) in [6.45, 7) is 3.31. The normalized spacial score (nSPS) is 12.2. The van der Waals surface area contributed by atoms with Crippen molar-refractivity contribution >= 4 is 5.97 Å². The lowest BCUT2D eigenvalue weighted by Gasteiger charge is -2.04. The van der Waals surface area contributed by atoms with Crippen molar-refractivity contribution < 1.29 is 9.53 Å². The van der Waals surface area contributed by atoms with E-state index in [1.165, 1.54) is 6.08 Å². The van der Waals surface area contributed by atoms with Crippen LogP contribution >= 0.6 is 0 Å². The van der Waals surface area contributed by atoms with Crippen molar-refractivity contribution in [2.24, 2.45) is 5.73 Å². The van der Waals surface area contributed by atoms with Gasteiger partial charge in [-0.15, -0.1) is 0 Å². The van der Waals surface area contributed by atoms with Crippen LogP contribution < -0.4 is 5.73 Å². The molecule has 1 aromatic rings. The fraction of sp³-hybridized carbons (Fsp3) is 0.231. The summed E-state index contributed by atoms with van der Waals surface area (Å²) in [6, 6.07) is 3.62. The molecule has 0 radical (unpaired) electrons. The number of esters is 1. The first kappa shape index (κ1) is 12.8. The monoisotopic (exact) mass is 230 g/mol. The molecule has 0 bridgehead atoms. The number of nitrogens with two attached hydrogens (primary N) is 1. The minimum atomic E-state index is -0.488. The van der Waals surface area contributed by atoms with E-state index in [0.717, 1.165) is 5.56 Å². The highest BCUT2D eigenvalue weighted by atomic mass is 16.5. The average Bonchev–Trinajstić information content (AvgIpc) is 2.26. The van der Waals surface area contributed by atoms with E-state index >= 15 is 0 Å². The van der Waals surface area contributed by atoms with E-state index in [1.54, 1.807) is 32.3 Å². The minimum absolute atomic E-state index is 0.405. The third-order valence-electron chi connectivity index (χ3n) is 1.72. The molecular formula is C13H14N2O2. The van der Waals surface area contributed by atoms with Gasteiger partial charge in [0.1, 0.15) is 0 Å². The molecule has 17 heavy (non-hydrogen) atoms. The Morgan fingerprint density at radius 1 is 1.65 bits per heavy atom. The molecule has 1 aromatic heterocycles. The maximum absolute atomic E-state index is 11.2. The summed E-state index contributed by atoms with van der Waals surface area (Å²) in [5.74, 6) is 5.17. The summed E-state index contributed by atoms with van der Waals surface area (Å²) in [4.78, 5) is 15.1. The molecule has 1 heterocycles. The number of aromatic nitrogens is 1. The topological polar surface area (TPSA) is 65.2 Å². The van der Waals surface area contributed by atoms with Crippen molar-refractivity contribution in [2.45, 2.75) is 20.0 Å². The second-order valence-corrected chi connectivity index (χ2v) is 3.48. The summed E-state index contributed by atoms with van der Waals surface area (Å²) >= 11 is 0. The molecule has 1 rings (SSSR count). The molecule has 0 saturated heterocycles. The first-order valence-corrected chi connectivity index (χ1v) is 5.14. The molecule has 1 unspecified atom stereocenters. The van der Waals surface area contributed by atoms with Gasteiger partial charge in [0.05, 0.1) is 0 Å². The predicted octanol–water partition coefficient (Wildman–Crippen LogP) is 1.23. The van der Waals surface area contributed by atoms with Gasteiger partial charge in [0, 0.05) is 29.7 Å². The molecule has 0 saturated carbocycles. The maximum atomic E-state index is 11.2. The molecule has 0 aliphatic carbocycles. The number of nitrogens with zero attached hydrogens (tertiary/aromatic N) is 1. The zero-order chi connectivity index (χ0) is 12.7. The fourth-order valence-corrected chi connectivity index (χ4v) is 1.05. The molecule has 4 nitrogen and oxygen atoms in total. The Labute approximate surface area is 100 Å². The number of rotatable bonds is 2. The zero-order valence-electron chi connectivity index (χ0n) is 9.81. The van der Waals surface area contributed by atoms with E-state index in [0.29, 0.717) is 5.70 Å². The Kier molecular flexibility index (Phi) is 4.77. The molecule has 88 valence electrons. The van der Waals surface area contributed by atoms with Crippen LogP contribution in [0.4, 0.5) is 0 Å². The second-order valence-electron chi connectivity index (χ2n) is 3.48. The van der Waals surface area contributed by atoms with E-state index < -0.39 is 12.1 Å². The van der Waals surface area contributed by atoms with E-state index in [9.17, 15) is 4.79 Å². The Morgan fingerprint density at radius 3 is 3.00 bits per heavy atom. The quantitative estimate of drug-likeness (QED) is 0.471. The van der Waals surface area contributed by atoms with Gasteiger partial charge in [-0.3, -0.25) is 4.98 Å². The number of pyridine rings is 1. The predicted molar refractivity (Wildman–Crippen MR) is 64.6 cm³/mol. The van der Waals surface area contributed by atoms with E-state index in [4.69, 9.17) is 10.5 Å². The minimum Gasteiger partial charge on any atom is -0.446 e. The average molecular weight is 230 g/mol. The lowest BCUT2D eigenvalue weighted by molar-refractivity contribution is -0.139. The van der Waals surface area contributed by atoms with Crippen LogP contribution in [0.3, 0.4) is 0 Å². The van der Waals surface area contributed by atoms with Gasteiger partial charge in [0.25, 0.3) is 0 Å². The van der Waals surface area contributed by atoms with E-state index in [2.05, 4.69) is 16.8 Å². The van der Waals surface area contributed by atoms with Crippen LogP contribution in [0.2, 0.25) is 0 Å². The molecule has 0 aromatic carbocycles. The third-order valence-corrected chi connectivity index (χ3v) is 1.72. The molecule has 0 aliphatic heterocycles. The SMILES string of the molecule is C/C(N)=C/C(=O)OC(C)C#Cc1cccnc1. The van der Waals surface area contributed by atoms with Gasteiger partial charge in [0.2, 0.25) is 0 Å². The zero-order valence-corrected chi connectivity index (χ0v) is 9.81. The molecule has 0 aliphatic rings. The highest BCUT2D eigenvalue weighted by molar-refractivity contribution is 5.82. The Bertz CT molecular complexity index is 465. The van der Waals surface area contributed by atoms with Gasteiger partial charge in [-0.1, -0.05) is 11.8 Å². The molecule has 0 fully saturated rings. The first-order valence-electron chi connectivity index (χ1n) is 5.14. The van der Waals surface area contributed by atoms with Crippen molar-refractivity contribution in [3.8, 4) is 11.8 Å². The van der Waals surface area contributed by atoms with Gasteiger partial charge < -0.3 is 10.5 Å². The van der Waals surface area contributed by atoms with Gasteiger partial charge in [-0.2, -0.15) is 0 Å². The Hall–Kier alpha value is -2.28. The van der Waals surface area contributed by atoms with Crippen molar-refractivity contribution in [3.63, 3.8) is 0 Å². The van der Waals surface area contributed by atoms with Crippen molar-refractivity contribution in [1.82, 2.24) is 4.98 Å². The standard InChI is InChI=1S/C13H14N2O2/c1-10(14)8-13(16)17-11(2)5-6-12-4-3-7-15-9-12/h3-4,7-9,11H,14H2,1-2H3/b10-8-. The van der Waals surface area contributed by atoms with Gasteiger partial charge in [0.15, 0.2) is 6.10 Å². The number of ether oxygens (including phenoxy) is 1. The van der Waals surface area contributed by atoms with Gasteiger partial charge in [-0.25, -0.2) is 4.79 Å². The van der Waals surface area contributed by atoms with Gasteiger partial charge in [-0.05, 0) is 26.0 Å². The molecule has 0 amide bonds. The van der Waals surface area contributed by atoms with Crippen molar-refractivity contribution in [3.05, 3.63) is 41.9 Å². The Morgan fingerprint density at radius 2 is 2.41 bits per heavy atom. The van der Waals surface area contributed by atoms with Gasteiger partial charge >= 0.3 is 5.97 Å². The smallest absolute Gasteiger partial charge is 0.333 e. The fourth-order valence-electron chi connectivity index (χ4n) is 1.05. The Balaban J connectivity index is 2.56. The van der Waals surface area contributed by atoms with Crippen LogP contribution in [0.15, 0.2) is 36.3 Å². The summed E-state index contributed by atoms with van der Waals surface area (Å²) in [5, 5.41) is 0. The van der Waals surface area contributed by atoms with E-state index in [-0.39, 0.29) is 0 Å². The molecule has 2 N–H and O–H groups in total. The largest absolute Gasteiger partial charge is 0.446 e. The lowest BCUT2D eigenvalue weighted by Crippen LogP contribution is -2.12. The molecular weight excluding hydrogens is 216 g/mol. The highest BCUT2D eigenvalue weighted by Crippen LogP contribution is 1.95. The van der Waals surface area contributed by atoms with Crippen LogP contribution in [-0.2, 0) is 9.53 Å². The summed E-state index contributed by atoms with van der Waals surface area (Å²) in [6.07, 6.45) is 4.05. The van der Waals surface area contributed by atoms with Crippen LogP contribution in [0.1, 0.15) is 19.4 Å². The van der Waals surface area contributed by atoms with E-state index in [1.807, 2.05) is 6.07 Å². The van der Waals surface area contributed by atoms with Crippen LogP contribution in [-0.4, -0.2) is 17.1 Å². The highest BCUT2D eigenvalue weighted by Gasteiger charge is 2.03. The van der Waals surface area contributed by atoms with Crippen LogP contribution in [0.5, 0.6) is 0 Å². The first-order chi connectivity index (χ1) is 8.08. The number of hydrogen-bond acceptors (Lipinski definition) is 4. The number of carbonyl (C=O) groups is 1. The van der Waals surface area contributed by atoms with Crippen LogP contribution in [0.25, 0.3) is 0 Å². The molecule has 0 spiro atoms. The van der Waals surface area contributed by atoms with Crippen molar-refractivity contribution in [2.75, 3.05) is 0 Å². The summed E-state index contributed by atoms with van der Waals surface area (Å²) in [5.41, 5.74) is 6.53. The summed E-state index contributed by atoms with van der Waals surface area (Å²) in [7, 11) is 0. The second kappa shape index (κ2) is 6.33. The number of hydrogen-bond donors (Lipinski definition) is 1. The van der Waals surface area contributed by atoms with Crippen molar-refractivity contribution in [1.29, 1.82) is 0 Å². The van der Waals surface area contributed by atoms with Crippen LogP contribution in [0, 0.1) is 11.8 Å². The third kappa shape index (κ3) is 5.38. The lowest BCUT2D eigenvalue weighted by atomic mass is 10.3. The maximum Gasteiger partial charge on any atom is 0.333 e.